The number of carbonyl (C=O) groups is 2. The molecule has 0 aliphatic carbocycles. The number of thiocarbonyl (C=S) groups is 1. The highest BCUT2D eigenvalue weighted by atomic mass is 32.1. The van der Waals surface area contributed by atoms with E-state index in [-0.39, 0.29) is 11.7 Å². The number of amides is 2. The average molecular weight is 482 g/mol. The highest BCUT2D eigenvalue weighted by molar-refractivity contribution is 7.80. The number of carbonyl (C=O) groups excluding carboxylic acids is 2. The van der Waals surface area contributed by atoms with E-state index in [1.807, 2.05) is 91.0 Å². The van der Waals surface area contributed by atoms with Crippen LogP contribution < -0.4 is 20.9 Å². The molecule has 3 N–H and O–H groups in total. The van der Waals surface area contributed by atoms with Crippen molar-refractivity contribution in [1.29, 1.82) is 0 Å². The van der Waals surface area contributed by atoms with Gasteiger partial charge in [-0.2, -0.15) is 0 Å². The first-order valence-corrected chi connectivity index (χ1v) is 11.3. The van der Waals surface area contributed by atoms with Crippen LogP contribution in [-0.4, -0.2) is 23.5 Å². The maximum atomic E-state index is 12.2. The van der Waals surface area contributed by atoms with E-state index in [4.69, 9.17) is 17.0 Å². The molecule has 0 unspecified atom stereocenters. The van der Waals surface area contributed by atoms with E-state index in [9.17, 15) is 9.59 Å². The standard InChI is InChI=1S/C28H23N3O3S/c32-26(18-17-22-13-8-12-20-11-4-5-14-23(20)22)29-28(35)31-30-27(33)19-34-25-16-7-6-15-24(25)21-9-2-1-3-10-21/h1-18H,19H2,(H,30,33)(H2,29,31,32,35). The lowest BCUT2D eigenvalue weighted by atomic mass is 10.0. The van der Waals surface area contributed by atoms with Crippen LogP contribution in [0.1, 0.15) is 5.56 Å². The SMILES string of the molecule is O=C(C=Cc1cccc2ccccc12)NC(=S)NNC(=O)COc1ccccc1-c1ccccc1. The number of hydrogen-bond donors (Lipinski definition) is 3. The molecule has 0 aromatic heterocycles. The first-order chi connectivity index (χ1) is 17.1. The predicted molar refractivity (Wildman–Crippen MR) is 142 cm³/mol. The quantitative estimate of drug-likeness (QED) is 0.213. The summed E-state index contributed by atoms with van der Waals surface area (Å²) >= 11 is 5.09. The lowest BCUT2D eigenvalue weighted by Gasteiger charge is -2.13. The first-order valence-electron chi connectivity index (χ1n) is 10.9. The normalized spacial score (nSPS) is 10.6. The fraction of sp³-hybridized carbons (Fsp3) is 0.0357. The molecular formula is C28H23N3O3S. The minimum atomic E-state index is -0.448. The number of nitrogens with one attached hydrogen (secondary N) is 3. The molecule has 0 heterocycles. The van der Waals surface area contributed by atoms with E-state index >= 15 is 0 Å². The molecule has 0 aliphatic rings. The largest absolute Gasteiger partial charge is 0.483 e. The van der Waals surface area contributed by atoms with Crippen LogP contribution in [0.4, 0.5) is 0 Å². The molecule has 2 amide bonds. The summed E-state index contributed by atoms with van der Waals surface area (Å²) < 4.78 is 5.70. The van der Waals surface area contributed by atoms with Crippen LogP contribution in [-0.2, 0) is 9.59 Å². The molecule has 0 fully saturated rings. The molecule has 0 aliphatic heterocycles. The van der Waals surface area contributed by atoms with Gasteiger partial charge >= 0.3 is 0 Å². The third-order valence-corrected chi connectivity index (χ3v) is 5.32. The van der Waals surface area contributed by atoms with Crippen LogP contribution in [0.15, 0.2) is 103 Å². The van der Waals surface area contributed by atoms with Crippen LogP contribution in [0.25, 0.3) is 28.0 Å². The number of hydrazine groups is 1. The molecule has 0 saturated heterocycles. The molecule has 35 heavy (non-hydrogen) atoms. The molecule has 0 radical (unpaired) electrons. The molecule has 7 heteroatoms. The average Bonchev–Trinajstić information content (AvgIpc) is 2.90. The number of hydrogen-bond acceptors (Lipinski definition) is 4. The molecule has 0 atom stereocenters. The van der Waals surface area contributed by atoms with Crippen LogP contribution >= 0.6 is 12.2 Å². The Bertz CT molecular complexity index is 1380. The van der Waals surface area contributed by atoms with E-state index in [0.29, 0.717) is 5.75 Å². The molecule has 174 valence electrons. The Morgan fingerprint density at radius 1 is 0.800 bits per heavy atom. The summed E-state index contributed by atoms with van der Waals surface area (Å²) in [6.45, 7) is -0.228. The fourth-order valence-corrected chi connectivity index (χ4v) is 3.65. The smallest absolute Gasteiger partial charge is 0.276 e. The molecule has 0 saturated carbocycles. The van der Waals surface area contributed by atoms with Gasteiger partial charge in [-0.15, -0.1) is 0 Å². The van der Waals surface area contributed by atoms with Crippen LogP contribution in [0.2, 0.25) is 0 Å². The summed E-state index contributed by atoms with van der Waals surface area (Å²) in [4.78, 5) is 24.4. The Balaban J connectivity index is 1.25. The Morgan fingerprint density at radius 2 is 1.51 bits per heavy atom. The Morgan fingerprint density at radius 3 is 2.37 bits per heavy atom. The summed E-state index contributed by atoms with van der Waals surface area (Å²) in [5.41, 5.74) is 7.72. The van der Waals surface area contributed by atoms with Crippen molar-refractivity contribution >= 4 is 46.0 Å². The lowest BCUT2D eigenvalue weighted by Crippen LogP contribution is -2.49. The molecule has 6 nitrogen and oxygen atoms in total. The van der Waals surface area contributed by atoms with Gasteiger partial charge in [-0.3, -0.25) is 25.8 Å². The van der Waals surface area contributed by atoms with Gasteiger partial charge in [0.15, 0.2) is 11.7 Å². The zero-order valence-corrected chi connectivity index (χ0v) is 19.5. The number of benzene rings is 4. The summed E-state index contributed by atoms with van der Waals surface area (Å²) in [7, 11) is 0. The number of ether oxygens (including phenoxy) is 1. The van der Waals surface area contributed by atoms with Crippen molar-refractivity contribution in [1.82, 2.24) is 16.2 Å². The van der Waals surface area contributed by atoms with Crippen molar-refractivity contribution in [2.45, 2.75) is 0 Å². The predicted octanol–water partition coefficient (Wildman–Crippen LogP) is 4.62. The first kappa shape index (κ1) is 23.7. The number of rotatable bonds is 6. The van der Waals surface area contributed by atoms with Gasteiger partial charge < -0.3 is 4.74 Å². The van der Waals surface area contributed by atoms with Gasteiger partial charge in [0.1, 0.15) is 5.75 Å². The van der Waals surface area contributed by atoms with Gasteiger partial charge in [0.25, 0.3) is 5.91 Å². The van der Waals surface area contributed by atoms with Crippen molar-refractivity contribution in [2.24, 2.45) is 0 Å². The van der Waals surface area contributed by atoms with E-state index < -0.39 is 11.8 Å². The van der Waals surface area contributed by atoms with Crippen molar-refractivity contribution in [3.63, 3.8) is 0 Å². The van der Waals surface area contributed by atoms with Crippen molar-refractivity contribution in [3.8, 4) is 16.9 Å². The minimum Gasteiger partial charge on any atom is -0.483 e. The summed E-state index contributed by atoms with van der Waals surface area (Å²) in [6.07, 6.45) is 3.11. The molecule has 4 aromatic carbocycles. The van der Waals surface area contributed by atoms with Gasteiger partial charge in [0, 0.05) is 11.6 Å². The summed E-state index contributed by atoms with van der Waals surface area (Å²) in [5, 5.41) is 4.59. The highest BCUT2D eigenvalue weighted by Gasteiger charge is 2.09. The highest BCUT2D eigenvalue weighted by Crippen LogP contribution is 2.29. The lowest BCUT2D eigenvalue weighted by molar-refractivity contribution is -0.123. The van der Waals surface area contributed by atoms with Gasteiger partial charge in [-0.1, -0.05) is 91.0 Å². The zero-order valence-electron chi connectivity index (χ0n) is 18.7. The summed E-state index contributed by atoms with van der Waals surface area (Å²) in [5.74, 6) is -0.281. The summed E-state index contributed by atoms with van der Waals surface area (Å²) in [6, 6.07) is 31.0. The maximum absolute atomic E-state index is 12.2. The topological polar surface area (TPSA) is 79.5 Å². The third kappa shape index (κ3) is 6.52. The second kappa shape index (κ2) is 11.6. The maximum Gasteiger partial charge on any atom is 0.276 e. The van der Waals surface area contributed by atoms with Crippen LogP contribution in [0.3, 0.4) is 0 Å². The zero-order chi connectivity index (χ0) is 24.5. The molecule has 4 rings (SSSR count). The van der Waals surface area contributed by atoms with Crippen molar-refractivity contribution in [2.75, 3.05) is 6.61 Å². The fourth-order valence-electron chi connectivity index (χ4n) is 3.50. The molecule has 0 spiro atoms. The van der Waals surface area contributed by atoms with E-state index in [2.05, 4.69) is 16.2 Å². The van der Waals surface area contributed by atoms with Crippen LogP contribution in [0.5, 0.6) is 5.75 Å². The Kier molecular flexibility index (Phi) is 7.83. The number of fused-ring (bicyclic) bond motifs is 1. The van der Waals surface area contributed by atoms with Crippen LogP contribution in [0, 0.1) is 0 Å². The van der Waals surface area contributed by atoms with Gasteiger partial charge in [-0.05, 0) is 46.3 Å². The monoisotopic (exact) mass is 481 g/mol. The van der Waals surface area contributed by atoms with Crippen molar-refractivity contribution < 1.29 is 14.3 Å². The second-order valence-corrected chi connectivity index (χ2v) is 7.95. The van der Waals surface area contributed by atoms with E-state index in [1.165, 1.54) is 6.08 Å². The third-order valence-electron chi connectivity index (χ3n) is 5.12. The molecular weight excluding hydrogens is 458 g/mol. The van der Waals surface area contributed by atoms with Gasteiger partial charge in [0.2, 0.25) is 5.91 Å². The number of para-hydroxylation sites is 1. The van der Waals surface area contributed by atoms with Gasteiger partial charge in [0.05, 0.1) is 0 Å². The Hall–Kier alpha value is -4.49. The van der Waals surface area contributed by atoms with Gasteiger partial charge in [-0.25, -0.2) is 0 Å². The molecule has 4 aromatic rings. The minimum absolute atomic E-state index is 0.0318. The van der Waals surface area contributed by atoms with E-state index in [1.54, 1.807) is 12.1 Å². The second-order valence-electron chi connectivity index (χ2n) is 7.54. The van der Waals surface area contributed by atoms with E-state index in [0.717, 1.165) is 27.5 Å². The Labute approximate surface area is 208 Å². The van der Waals surface area contributed by atoms with Crippen molar-refractivity contribution in [3.05, 3.63) is 109 Å². The molecule has 0 bridgehead atoms.